The number of fused-ring (bicyclic) bond motifs is 1. The number of nitrogens with one attached hydrogen (secondary N) is 2. The molecule has 0 radical (unpaired) electrons. The van der Waals surface area contributed by atoms with Crippen LogP contribution in [0.3, 0.4) is 0 Å². The third-order valence-electron chi connectivity index (χ3n) is 4.95. The van der Waals surface area contributed by atoms with Gasteiger partial charge in [0.05, 0.1) is 18.2 Å². The van der Waals surface area contributed by atoms with Gasteiger partial charge in [-0.05, 0) is 52.2 Å². The molecule has 3 nitrogen and oxygen atoms in total. The van der Waals surface area contributed by atoms with E-state index >= 15 is 0 Å². The summed E-state index contributed by atoms with van der Waals surface area (Å²) in [6.45, 7) is 8.42. The SMILES string of the molecule is Cc1ccc2[nH]c(C)c(C[NH+]3CCCCC3C)c(=O)c2c1. The smallest absolute Gasteiger partial charge is 0.198 e. The highest BCUT2D eigenvalue weighted by Gasteiger charge is 2.24. The summed E-state index contributed by atoms with van der Waals surface area (Å²) in [4.78, 5) is 17.8. The largest absolute Gasteiger partial charge is 0.358 e. The number of benzene rings is 1. The first kappa shape index (κ1) is 14.3. The maximum absolute atomic E-state index is 12.8. The van der Waals surface area contributed by atoms with Crippen molar-refractivity contribution in [3.05, 3.63) is 45.2 Å². The summed E-state index contributed by atoms with van der Waals surface area (Å²) < 4.78 is 0. The maximum atomic E-state index is 12.8. The predicted octanol–water partition coefficient (Wildman–Crippen LogP) is 2.10. The van der Waals surface area contributed by atoms with Gasteiger partial charge < -0.3 is 9.88 Å². The summed E-state index contributed by atoms with van der Waals surface area (Å²) in [5.74, 6) is 0. The second-order valence-electron chi connectivity index (χ2n) is 6.59. The first-order chi connectivity index (χ1) is 10.1. The van der Waals surface area contributed by atoms with Crippen LogP contribution in [0, 0.1) is 13.8 Å². The number of hydrogen-bond acceptors (Lipinski definition) is 1. The van der Waals surface area contributed by atoms with Gasteiger partial charge in [-0.2, -0.15) is 0 Å². The molecule has 3 heteroatoms. The fourth-order valence-electron chi connectivity index (χ4n) is 3.52. The average molecular weight is 285 g/mol. The maximum Gasteiger partial charge on any atom is 0.198 e. The number of likely N-dealkylation sites (tertiary alicyclic amines) is 1. The standard InChI is InChI=1S/C18H24N2O/c1-12-7-8-17-15(10-12)18(21)16(14(3)19-17)11-20-9-5-4-6-13(20)2/h7-8,10,13H,4-6,9,11H2,1-3H3,(H,19,21)/p+1. The molecule has 2 unspecified atom stereocenters. The molecule has 2 aromatic rings. The van der Waals surface area contributed by atoms with E-state index in [9.17, 15) is 4.79 Å². The zero-order valence-electron chi connectivity index (χ0n) is 13.3. The highest BCUT2D eigenvalue weighted by Crippen LogP contribution is 2.13. The lowest BCUT2D eigenvalue weighted by molar-refractivity contribution is -0.942. The Hall–Kier alpha value is -1.61. The summed E-state index contributed by atoms with van der Waals surface area (Å²) in [5.41, 5.74) is 4.31. The van der Waals surface area contributed by atoms with E-state index in [1.54, 1.807) is 4.90 Å². The van der Waals surface area contributed by atoms with Crippen LogP contribution in [0.5, 0.6) is 0 Å². The summed E-state index contributed by atoms with van der Waals surface area (Å²) in [7, 11) is 0. The van der Waals surface area contributed by atoms with Gasteiger partial charge in [0.15, 0.2) is 5.43 Å². The topological polar surface area (TPSA) is 37.3 Å². The molecule has 0 bridgehead atoms. The molecule has 0 saturated carbocycles. The Bertz CT molecular complexity index is 717. The molecule has 21 heavy (non-hydrogen) atoms. The molecule has 1 fully saturated rings. The van der Waals surface area contributed by atoms with Crippen molar-refractivity contribution in [1.82, 2.24) is 4.98 Å². The Kier molecular flexibility index (Phi) is 3.85. The van der Waals surface area contributed by atoms with Crippen molar-refractivity contribution in [3.63, 3.8) is 0 Å². The van der Waals surface area contributed by atoms with Crippen LogP contribution < -0.4 is 10.3 Å². The number of rotatable bonds is 2. The Balaban J connectivity index is 2.03. The number of hydrogen-bond donors (Lipinski definition) is 2. The van der Waals surface area contributed by atoms with Gasteiger partial charge in [-0.1, -0.05) is 11.6 Å². The van der Waals surface area contributed by atoms with Gasteiger partial charge in [0.1, 0.15) is 6.54 Å². The molecule has 3 rings (SSSR count). The summed E-state index contributed by atoms with van der Waals surface area (Å²) >= 11 is 0. The minimum atomic E-state index is 0.218. The Labute approximate surface area is 126 Å². The van der Waals surface area contributed by atoms with E-state index in [0.29, 0.717) is 6.04 Å². The number of H-pyrrole nitrogens is 1. The first-order valence-corrected chi connectivity index (χ1v) is 8.03. The minimum Gasteiger partial charge on any atom is -0.358 e. The van der Waals surface area contributed by atoms with Crippen molar-refractivity contribution < 1.29 is 4.90 Å². The lowest BCUT2D eigenvalue weighted by Gasteiger charge is -2.30. The molecule has 1 aliphatic heterocycles. The van der Waals surface area contributed by atoms with Gasteiger partial charge >= 0.3 is 0 Å². The Morgan fingerprint density at radius 2 is 2.10 bits per heavy atom. The van der Waals surface area contributed by atoms with E-state index in [-0.39, 0.29) is 5.43 Å². The average Bonchev–Trinajstić information content (AvgIpc) is 2.46. The highest BCUT2D eigenvalue weighted by molar-refractivity contribution is 5.80. The van der Waals surface area contributed by atoms with Gasteiger partial charge in [-0.15, -0.1) is 0 Å². The number of aromatic nitrogens is 1. The van der Waals surface area contributed by atoms with Crippen LogP contribution in [0.4, 0.5) is 0 Å². The van der Waals surface area contributed by atoms with Crippen LogP contribution in [0.2, 0.25) is 0 Å². The van der Waals surface area contributed by atoms with Crippen molar-refractivity contribution >= 4 is 10.9 Å². The molecule has 2 heterocycles. The molecule has 112 valence electrons. The van der Waals surface area contributed by atoms with Crippen LogP contribution in [-0.2, 0) is 6.54 Å². The zero-order valence-corrected chi connectivity index (χ0v) is 13.3. The number of quaternary nitrogens is 1. The Morgan fingerprint density at radius 1 is 1.29 bits per heavy atom. The molecule has 1 aromatic heterocycles. The second kappa shape index (κ2) is 5.64. The van der Waals surface area contributed by atoms with E-state index in [1.165, 1.54) is 25.8 Å². The molecule has 0 spiro atoms. The van der Waals surface area contributed by atoms with Crippen LogP contribution in [0.25, 0.3) is 10.9 Å². The normalized spacial score (nSPS) is 22.6. The number of piperidine rings is 1. The highest BCUT2D eigenvalue weighted by atomic mass is 16.1. The Morgan fingerprint density at radius 3 is 2.86 bits per heavy atom. The van der Waals surface area contributed by atoms with Gasteiger partial charge in [-0.3, -0.25) is 4.79 Å². The molecule has 1 saturated heterocycles. The monoisotopic (exact) mass is 285 g/mol. The van der Waals surface area contributed by atoms with E-state index in [1.807, 2.05) is 26.0 Å². The molecule has 1 aromatic carbocycles. The van der Waals surface area contributed by atoms with E-state index in [0.717, 1.165) is 34.3 Å². The number of aromatic amines is 1. The first-order valence-electron chi connectivity index (χ1n) is 8.03. The van der Waals surface area contributed by atoms with E-state index < -0.39 is 0 Å². The van der Waals surface area contributed by atoms with Crippen molar-refractivity contribution in [1.29, 1.82) is 0 Å². The van der Waals surface area contributed by atoms with E-state index in [2.05, 4.69) is 18.0 Å². The van der Waals surface area contributed by atoms with Gasteiger partial charge in [-0.25, -0.2) is 0 Å². The van der Waals surface area contributed by atoms with Gasteiger partial charge in [0, 0.05) is 16.6 Å². The van der Waals surface area contributed by atoms with Gasteiger partial charge in [0.2, 0.25) is 0 Å². The molecular formula is C18H25N2O+. The van der Waals surface area contributed by atoms with Crippen molar-refractivity contribution in [3.8, 4) is 0 Å². The molecule has 0 amide bonds. The molecule has 2 N–H and O–H groups in total. The lowest BCUT2D eigenvalue weighted by atomic mass is 10.0. The van der Waals surface area contributed by atoms with Gasteiger partial charge in [0.25, 0.3) is 0 Å². The minimum absolute atomic E-state index is 0.218. The molecular weight excluding hydrogens is 260 g/mol. The van der Waals surface area contributed by atoms with Crippen molar-refractivity contribution in [2.45, 2.75) is 52.6 Å². The van der Waals surface area contributed by atoms with Crippen molar-refractivity contribution in [2.24, 2.45) is 0 Å². The fraction of sp³-hybridized carbons (Fsp3) is 0.500. The molecule has 2 atom stereocenters. The summed E-state index contributed by atoms with van der Waals surface area (Å²) in [6.07, 6.45) is 3.89. The third kappa shape index (κ3) is 2.75. The quantitative estimate of drug-likeness (QED) is 0.871. The molecule has 1 aliphatic rings. The number of aryl methyl sites for hydroxylation is 2. The zero-order chi connectivity index (χ0) is 15.0. The van der Waals surface area contributed by atoms with Crippen LogP contribution in [0.1, 0.15) is 43.0 Å². The van der Waals surface area contributed by atoms with Crippen LogP contribution in [-0.4, -0.2) is 17.6 Å². The molecule has 0 aliphatic carbocycles. The number of pyridine rings is 1. The van der Waals surface area contributed by atoms with Crippen LogP contribution >= 0.6 is 0 Å². The lowest BCUT2D eigenvalue weighted by Crippen LogP contribution is -3.15. The van der Waals surface area contributed by atoms with Crippen LogP contribution in [0.15, 0.2) is 23.0 Å². The van der Waals surface area contributed by atoms with E-state index in [4.69, 9.17) is 0 Å². The van der Waals surface area contributed by atoms with Crippen molar-refractivity contribution in [2.75, 3.05) is 6.54 Å². The third-order valence-corrected chi connectivity index (χ3v) is 4.95. The fourth-order valence-corrected chi connectivity index (χ4v) is 3.52. The second-order valence-corrected chi connectivity index (χ2v) is 6.59. The predicted molar refractivity (Wildman–Crippen MR) is 86.9 cm³/mol. The summed E-state index contributed by atoms with van der Waals surface area (Å²) in [5, 5.41) is 0.833. The summed E-state index contributed by atoms with van der Waals surface area (Å²) in [6, 6.07) is 6.73.